The monoisotopic (exact) mass is 250 g/mol. The molecule has 1 aromatic carbocycles. The third-order valence-corrected chi connectivity index (χ3v) is 3.38. The third-order valence-electron chi connectivity index (χ3n) is 3.38. The maximum atomic E-state index is 11.9. The van der Waals surface area contributed by atoms with Gasteiger partial charge >= 0.3 is 5.97 Å². The topological polar surface area (TPSA) is 46.5 Å². The van der Waals surface area contributed by atoms with Crippen molar-refractivity contribution in [1.82, 2.24) is 0 Å². The van der Waals surface area contributed by atoms with Crippen LogP contribution in [0.3, 0.4) is 0 Å². The minimum Gasteiger partial charge on any atom is -0.469 e. The average molecular weight is 250 g/mol. The fraction of sp³-hybridized carbons (Fsp3) is 0.533. The number of aliphatic hydroxyl groups is 1. The van der Waals surface area contributed by atoms with Gasteiger partial charge in [-0.3, -0.25) is 4.79 Å². The lowest BCUT2D eigenvalue weighted by Gasteiger charge is -2.34. The van der Waals surface area contributed by atoms with Crippen molar-refractivity contribution in [2.24, 2.45) is 5.92 Å². The van der Waals surface area contributed by atoms with Crippen molar-refractivity contribution in [3.8, 4) is 0 Å². The van der Waals surface area contributed by atoms with Gasteiger partial charge in [-0.1, -0.05) is 50.6 Å². The van der Waals surface area contributed by atoms with Crippen LogP contribution >= 0.6 is 0 Å². The Balaban J connectivity index is 3.17. The predicted octanol–water partition coefficient (Wildman–Crippen LogP) is 2.87. The van der Waals surface area contributed by atoms with Gasteiger partial charge in [0, 0.05) is 0 Å². The molecule has 1 rings (SSSR count). The molecule has 0 fully saturated rings. The first kappa shape index (κ1) is 14.7. The molecule has 0 spiro atoms. The van der Waals surface area contributed by atoms with E-state index in [0.29, 0.717) is 12.8 Å². The van der Waals surface area contributed by atoms with Gasteiger partial charge in [0.1, 0.15) is 5.60 Å². The second-order valence-electron chi connectivity index (χ2n) is 4.52. The molecule has 3 heteroatoms. The predicted molar refractivity (Wildman–Crippen MR) is 71.0 cm³/mol. The summed E-state index contributed by atoms with van der Waals surface area (Å²) in [5, 5.41) is 10.9. The molecular formula is C15H22O3. The highest BCUT2D eigenvalue weighted by molar-refractivity contribution is 5.74. The van der Waals surface area contributed by atoms with Crippen LogP contribution in [0, 0.1) is 5.92 Å². The van der Waals surface area contributed by atoms with Gasteiger partial charge in [-0.05, 0) is 18.4 Å². The van der Waals surface area contributed by atoms with E-state index in [1.165, 1.54) is 7.11 Å². The van der Waals surface area contributed by atoms with Crippen LogP contribution in [0.5, 0.6) is 0 Å². The second kappa shape index (κ2) is 6.55. The summed E-state index contributed by atoms with van der Waals surface area (Å²) in [5.41, 5.74) is -0.359. The number of hydrogen-bond acceptors (Lipinski definition) is 3. The molecule has 0 amide bonds. The zero-order valence-electron chi connectivity index (χ0n) is 11.3. The first-order chi connectivity index (χ1) is 8.60. The summed E-state index contributed by atoms with van der Waals surface area (Å²) in [6.45, 7) is 3.89. The Bertz CT molecular complexity index is 375. The van der Waals surface area contributed by atoms with Gasteiger partial charge in [0.2, 0.25) is 0 Å². The lowest BCUT2D eigenvalue weighted by atomic mass is 9.77. The van der Waals surface area contributed by atoms with Crippen molar-refractivity contribution in [2.75, 3.05) is 7.11 Å². The number of benzene rings is 1. The van der Waals surface area contributed by atoms with Crippen LogP contribution in [0.25, 0.3) is 0 Å². The lowest BCUT2D eigenvalue weighted by molar-refractivity contribution is -0.158. The summed E-state index contributed by atoms with van der Waals surface area (Å²) in [6.07, 6.45) is 1.90. The molecule has 0 radical (unpaired) electrons. The van der Waals surface area contributed by atoms with Crippen molar-refractivity contribution in [2.45, 2.75) is 38.7 Å². The van der Waals surface area contributed by atoms with E-state index in [4.69, 9.17) is 4.74 Å². The van der Waals surface area contributed by atoms with Crippen LogP contribution in [0.1, 0.15) is 38.7 Å². The smallest absolute Gasteiger partial charge is 0.311 e. The quantitative estimate of drug-likeness (QED) is 0.790. The van der Waals surface area contributed by atoms with Gasteiger partial charge in [-0.25, -0.2) is 0 Å². The molecule has 0 saturated carbocycles. The molecule has 0 heterocycles. The van der Waals surface area contributed by atoms with Crippen molar-refractivity contribution < 1.29 is 14.6 Å². The number of hydrogen-bond donors (Lipinski definition) is 1. The lowest BCUT2D eigenvalue weighted by Crippen LogP contribution is -2.40. The van der Waals surface area contributed by atoms with E-state index in [0.717, 1.165) is 12.0 Å². The summed E-state index contributed by atoms with van der Waals surface area (Å²) in [4.78, 5) is 11.9. The van der Waals surface area contributed by atoms with Crippen LogP contribution in [0.4, 0.5) is 0 Å². The van der Waals surface area contributed by atoms with E-state index < -0.39 is 11.5 Å². The zero-order chi connectivity index (χ0) is 13.6. The van der Waals surface area contributed by atoms with Gasteiger partial charge in [-0.2, -0.15) is 0 Å². The van der Waals surface area contributed by atoms with E-state index in [1.54, 1.807) is 0 Å². The highest BCUT2D eigenvalue weighted by Crippen LogP contribution is 2.36. The van der Waals surface area contributed by atoms with Gasteiger partial charge in [0.05, 0.1) is 13.0 Å². The number of esters is 1. The zero-order valence-corrected chi connectivity index (χ0v) is 11.3. The Morgan fingerprint density at radius 3 is 2.39 bits per heavy atom. The van der Waals surface area contributed by atoms with Crippen LogP contribution < -0.4 is 0 Å². The molecule has 0 aliphatic rings. The Labute approximate surface area is 109 Å². The summed E-state index contributed by atoms with van der Waals surface area (Å²) >= 11 is 0. The summed E-state index contributed by atoms with van der Waals surface area (Å²) < 4.78 is 4.82. The van der Waals surface area contributed by atoms with Crippen LogP contribution in [0.2, 0.25) is 0 Å². The number of carbonyl (C=O) groups excluding carboxylic acids is 1. The van der Waals surface area contributed by atoms with Crippen LogP contribution in [-0.4, -0.2) is 18.2 Å². The second-order valence-corrected chi connectivity index (χ2v) is 4.52. The van der Waals surface area contributed by atoms with E-state index in [2.05, 4.69) is 0 Å². The fourth-order valence-electron chi connectivity index (χ4n) is 2.47. The van der Waals surface area contributed by atoms with E-state index >= 15 is 0 Å². The SMILES string of the molecule is CCCC(O)(c1ccccc1)C(CC)C(=O)OC. The van der Waals surface area contributed by atoms with E-state index in [-0.39, 0.29) is 5.97 Å². The summed E-state index contributed by atoms with van der Waals surface area (Å²) in [5.74, 6) is -0.873. The summed E-state index contributed by atoms with van der Waals surface area (Å²) in [6, 6.07) is 9.37. The fourth-order valence-corrected chi connectivity index (χ4v) is 2.47. The van der Waals surface area contributed by atoms with Gasteiger partial charge in [0.15, 0.2) is 0 Å². The van der Waals surface area contributed by atoms with Crippen molar-refractivity contribution in [1.29, 1.82) is 0 Å². The van der Waals surface area contributed by atoms with Crippen molar-refractivity contribution in [3.05, 3.63) is 35.9 Å². The van der Waals surface area contributed by atoms with E-state index in [1.807, 2.05) is 44.2 Å². The molecule has 0 bridgehead atoms. The number of carbonyl (C=O) groups is 1. The molecular weight excluding hydrogens is 228 g/mol. The average Bonchev–Trinajstić information content (AvgIpc) is 2.40. The highest BCUT2D eigenvalue weighted by Gasteiger charge is 2.41. The number of ether oxygens (including phenoxy) is 1. The standard InChI is InChI=1S/C15H22O3/c1-4-11-15(17,12-9-7-6-8-10-12)13(5-2)14(16)18-3/h6-10,13,17H,4-5,11H2,1-3H3. The Morgan fingerprint density at radius 1 is 1.33 bits per heavy atom. The summed E-state index contributed by atoms with van der Waals surface area (Å²) in [7, 11) is 1.36. The molecule has 100 valence electrons. The van der Waals surface area contributed by atoms with Gasteiger partial charge in [-0.15, -0.1) is 0 Å². The first-order valence-corrected chi connectivity index (χ1v) is 6.45. The molecule has 1 aromatic rings. The number of methoxy groups -OCH3 is 1. The van der Waals surface area contributed by atoms with Gasteiger partial charge < -0.3 is 9.84 Å². The Hall–Kier alpha value is -1.35. The minimum atomic E-state index is -1.14. The normalized spacial score (nSPS) is 15.8. The first-order valence-electron chi connectivity index (χ1n) is 6.45. The molecule has 0 aliphatic heterocycles. The highest BCUT2D eigenvalue weighted by atomic mass is 16.5. The van der Waals surface area contributed by atoms with Crippen LogP contribution in [-0.2, 0) is 15.1 Å². The van der Waals surface area contributed by atoms with Crippen molar-refractivity contribution >= 4 is 5.97 Å². The molecule has 18 heavy (non-hydrogen) atoms. The van der Waals surface area contributed by atoms with Gasteiger partial charge in [0.25, 0.3) is 0 Å². The third kappa shape index (κ3) is 2.91. The molecule has 1 N–H and O–H groups in total. The largest absolute Gasteiger partial charge is 0.469 e. The molecule has 2 unspecified atom stereocenters. The number of rotatable bonds is 6. The minimum absolute atomic E-state index is 0.350. The van der Waals surface area contributed by atoms with E-state index in [9.17, 15) is 9.90 Å². The van der Waals surface area contributed by atoms with Crippen LogP contribution in [0.15, 0.2) is 30.3 Å². The molecule has 0 aromatic heterocycles. The maximum Gasteiger partial charge on any atom is 0.311 e. The molecule has 2 atom stereocenters. The molecule has 0 saturated heterocycles. The molecule has 0 aliphatic carbocycles. The van der Waals surface area contributed by atoms with Crippen molar-refractivity contribution in [3.63, 3.8) is 0 Å². The maximum absolute atomic E-state index is 11.9. The molecule has 3 nitrogen and oxygen atoms in total. The Kier molecular flexibility index (Phi) is 5.35. The Morgan fingerprint density at radius 2 is 1.94 bits per heavy atom.